The van der Waals surface area contributed by atoms with E-state index in [4.69, 9.17) is 0 Å². The second kappa shape index (κ2) is 12.6. The Hall–Kier alpha value is -3.53. The number of halogens is 2. The van der Waals surface area contributed by atoms with Gasteiger partial charge in [-0.3, -0.25) is 0 Å². The second-order valence-corrected chi connectivity index (χ2v) is 7.09. The van der Waals surface area contributed by atoms with Gasteiger partial charge in [-0.2, -0.15) is 0 Å². The standard InChI is InChI=1S/C17H12N.C12H8F2N.Ir/c1-3-7-14(8-4-1)16-11-12-17(18-13-16)15-9-5-2-6-10-15;13-12(14)10-6-2-1-5-9(10)11-7-3-4-8-15-11;/h1-9,11-13H;1-4,6-8,12H;/q2*-1;. The molecule has 1 radical (unpaired) electrons. The molecule has 0 aliphatic carbocycles. The zero-order chi connectivity index (χ0) is 22.9. The van der Waals surface area contributed by atoms with Gasteiger partial charge in [0.2, 0.25) is 6.43 Å². The van der Waals surface area contributed by atoms with Crippen LogP contribution in [0.2, 0.25) is 0 Å². The second-order valence-electron chi connectivity index (χ2n) is 7.09. The van der Waals surface area contributed by atoms with Crippen molar-refractivity contribution in [1.29, 1.82) is 0 Å². The number of aromatic nitrogens is 2. The molecule has 0 aliphatic heterocycles. The van der Waals surface area contributed by atoms with Crippen molar-refractivity contribution in [3.63, 3.8) is 0 Å². The van der Waals surface area contributed by atoms with Crippen LogP contribution in [0.1, 0.15) is 12.0 Å². The van der Waals surface area contributed by atoms with Gasteiger partial charge in [-0.1, -0.05) is 60.2 Å². The van der Waals surface area contributed by atoms with E-state index >= 15 is 0 Å². The third-order valence-electron chi connectivity index (χ3n) is 4.90. The van der Waals surface area contributed by atoms with Crippen molar-refractivity contribution < 1.29 is 28.9 Å². The van der Waals surface area contributed by atoms with E-state index in [2.05, 4.69) is 40.3 Å². The predicted octanol–water partition coefficient (Wildman–Crippen LogP) is 7.70. The van der Waals surface area contributed by atoms with Gasteiger partial charge in [0.25, 0.3) is 0 Å². The Bertz CT molecular complexity index is 1210. The minimum atomic E-state index is -2.50. The van der Waals surface area contributed by atoms with E-state index in [1.807, 2.05) is 54.7 Å². The van der Waals surface area contributed by atoms with E-state index in [-0.39, 0.29) is 25.7 Å². The van der Waals surface area contributed by atoms with Crippen LogP contribution in [-0.4, -0.2) is 9.97 Å². The largest absolute Gasteiger partial charge is 0.305 e. The van der Waals surface area contributed by atoms with Crippen LogP contribution in [0.5, 0.6) is 0 Å². The van der Waals surface area contributed by atoms with Gasteiger partial charge in [-0.25, -0.2) is 8.78 Å². The van der Waals surface area contributed by atoms with Gasteiger partial charge in [-0.15, -0.1) is 65.7 Å². The van der Waals surface area contributed by atoms with E-state index in [0.29, 0.717) is 11.3 Å². The first kappa shape index (κ1) is 25.1. The summed E-state index contributed by atoms with van der Waals surface area (Å²) in [5, 5.41) is 0. The molecule has 0 N–H and O–H groups in total. The fraction of sp³-hybridized carbons (Fsp3) is 0.0345. The SMILES string of the molecule is FC(F)c1ccc[c-]c1-c1ccccn1.[Ir].[c-]1ccccc1-c1ccc(-c2ccccc2)cn1. The molecule has 0 spiro atoms. The van der Waals surface area contributed by atoms with E-state index in [1.165, 1.54) is 11.6 Å². The average Bonchev–Trinajstić information content (AvgIpc) is 2.91. The number of hydrogen-bond acceptors (Lipinski definition) is 2. The summed E-state index contributed by atoms with van der Waals surface area (Å²) in [5.41, 5.74) is 5.16. The first-order chi connectivity index (χ1) is 16.2. The van der Waals surface area contributed by atoms with Crippen LogP contribution in [0.3, 0.4) is 0 Å². The molecule has 34 heavy (non-hydrogen) atoms. The van der Waals surface area contributed by atoms with Crippen LogP contribution in [0.25, 0.3) is 33.6 Å². The topological polar surface area (TPSA) is 25.8 Å². The molecule has 5 rings (SSSR count). The smallest absolute Gasteiger partial charge is 0.232 e. The molecule has 2 nitrogen and oxygen atoms in total. The Morgan fingerprint density at radius 1 is 0.618 bits per heavy atom. The monoisotopic (exact) mass is 627 g/mol. The number of alkyl halides is 2. The molecule has 0 bridgehead atoms. The summed E-state index contributed by atoms with van der Waals surface area (Å²) in [5.74, 6) is 0. The zero-order valence-electron chi connectivity index (χ0n) is 18.0. The molecule has 0 atom stereocenters. The molecule has 0 aliphatic rings. The van der Waals surface area contributed by atoms with Gasteiger partial charge < -0.3 is 9.97 Å². The van der Waals surface area contributed by atoms with Gasteiger partial charge in [0.1, 0.15) is 0 Å². The number of hydrogen-bond donors (Lipinski definition) is 0. The molecule has 2 aromatic heterocycles. The van der Waals surface area contributed by atoms with E-state index in [9.17, 15) is 8.78 Å². The van der Waals surface area contributed by atoms with Crippen LogP contribution in [0.4, 0.5) is 8.78 Å². The van der Waals surface area contributed by atoms with Crippen molar-refractivity contribution in [3.05, 3.63) is 133 Å². The Morgan fingerprint density at radius 2 is 1.38 bits per heavy atom. The third kappa shape index (κ3) is 6.50. The van der Waals surface area contributed by atoms with Gasteiger partial charge in [-0.05, 0) is 28.6 Å². The van der Waals surface area contributed by atoms with Crippen LogP contribution in [0.15, 0.2) is 116 Å². The van der Waals surface area contributed by atoms with Crippen molar-refractivity contribution in [3.8, 4) is 33.6 Å². The predicted molar refractivity (Wildman–Crippen MR) is 127 cm³/mol. The van der Waals surface area contributed by atoms with Crippen molar-refractivity contribution >= 4 is 0 Å². The third-order valence-corrected chi connectivity index (χ3v) is 4.90. The Balaban J connectivity index is 0.000000188. The van der Waals surface area contributed by atoms with E-state index < -0.39 is 6.43 Å². The summed E-state index contributed by atoms with van der Waals surface area (Å²) >= 11 is 0. The van der Waals surface area contributed by atoms with Crippen molar-refractivity contribution in [2.45, 2.75) is 6.43 Å². The molecule has 0 saturated heterocycles. The van der Waals surface area contributed by atoms with Crippen molar-refractivity contribution in [2.24, 2.45) is 0 Å². The van der Waals surface area contributed by atoms with Crippen LogP contribution >= 0.6 is 0 Å². The van der Waals surface area contributed by atoms with Gasteiger partial charge in [0, 0.05) is 32.5 Å². The first-order valence-electron chi connectivity index (χ1n) is 10.4. The summed E-state index contributed by atoms with van der Waals surface area (Å²) < 4.78 is 25.3. The maximum absolute atomic E-state index is 12.7. The Morgan fingerprint density at radius 3 is 2.03 bits per heavy atom. The summed E-state index contributed by atoms with van der Waals surface area (Å²) in [4.78, 5) is 8.52. The molecule has 171 valence electrons. The Labute approximate surface area is 211 Å². The van der Waals surface area contributed by atoms with Gasteiger partial charge in [0.15, 0.2) is 0 Å². The quantitative estimate of drug-likeness (QED) is 0.191. The molecule has 2 heterocycles. The zero-order valence-corrected chi connectivity index (χ0v) is 20.4. The normalized spacial score (nSPS) is 10.1. The maximum atomic E-state index is 12.7. The average molecular weight is 627 g/mol. The summed E-state index contributed by atoms with van der Waals surface area (Å²) in [6.07, 6.45) is 0.983. The van der Waals surface area contributed by atoms with Crippen molar-refractivity contribution in [1.82, 2.24) is 9.97 Å². The fourth-order valence-electron chi connectivity index (χ4n) is 3.27. The number of benzene rings is 3. The molecular weight excluding hydrogens is 607 g/mol. The van der Waals surface area contributed by atoms with Crippen LogP contribution in [-0.2, 0) is 20.1 Å². The first-order valence-corrected chi connectivity index (χ1v) is 10.4. The minimum Gasteiger partial charge on any atom is -0.305 e. The fourth-order valence-corrected chi connectivity index (χ4v) is 3.27. The minimum absolute atomic E-state index is 0. The van der Waals surface area contributed by atoms with E-state index in [0.717, 1.165) is 16.8 Å². The molecule has 5 heteroatoms. The van der Waals surface area contributed by atoms with Gasteiger partial charge >= 0.3 is 0 Å². The van der Waals surface area contributed by atoms with Crippen LogP contribution in [0, 0.1) is 12.1 Å². The van der Waals surface area contributed by atoms with Crippen molar-refractivity contribution in [2.75, 3.05) is 0 Å². The van der Waals surface area contributed by atoms with Crippen LogP contribution < -0.4 is 0 Å². The number of pyridine rings is 2. The summed E-state index contributed by atoms with van der Waals surface area (Å²) in [6, 6.07) is 38.0. The number of rotatable bonds is 4. The molecule has 0 amide bonds. The molecular formula is C29H20F2IrN2-2. The molecule has 0 saturated carbocycles. The summed E-state index contributed by atoms with van der Waals surface area (Å²) in [6.45, 7) is 0. The van der Waals surface area contributed by atoms with E-state index in [1.54, 1.807) is 36.5 Å². The maximum Gasteiger partial charge on any atom is 0.232 e. The number of nitrogens with zero attached hydrogens (tertiary/aromatic N) is 2. The molecule has 0 unspecified atom stereocenters. The molecule has 5 aromatic rings. The Kier molecular flexibility index (Phi) is 9.33. The summed E-state index contributed by atoms with van der Waals surface area (Å²) in [7, 11) is 0. The molecule has 3 aromatic carbocycles. The van der Waals surface area contributed by atoms with Gasteiger partial charge in [0.05, 0.1) is 0 Å². The molecule has 0 fully saturated rings.